The molecule has 0 bridgehead atoms. The largest absolute Gasteiger partial charge is 0.383 e. The lowest BCUT2D eigenvalue weighted by atomic mass is 10.1. The van der Waals surface area contributed by atoms with Gasteiger partial charge in [0, 0.05) is 12.2 Å². The lowest BCUT2D eigenvalue weighted by Gasteiger charge is -2.09. The van der Waals surface area contributed by atoms with Gasteiger partial charge in [-0.25, -0.2) is 4.98 Å². The van der Waals surface area contributed by atoms with Gasteiger partial charge in [-0.05, 0) is 31.0 Å². The van der Waals surface area contributed by atoms with Gasteiger partial charge in [0.05, 0.1) is 28.8 Å². The molecule has 2 N–H and O–H groups in total. The molecule has 0 unspecified atom stereocenters. The SMILES string of the molecule is N#CC1(CNc2ccc3nc[nH]c3c2)CC1. The van der Waals surface area contributed by atoms with Crippen molar-refractivity contribution in [1.82, 2.24) is 9.97 Å². The minimum atomic E-state index is -0.108. The number of aromatic amines is 1. The van der Waals surface area contributed by atoms with Gasteiger partial charge in [0.2, 0.25) is 0 Å². The number of imidazole rings is 1. The zero-order valence-corrected chi connectivity index (χ0v) is 8.83. The van der Waals surface area contributed by atoms with Crippen LogP contribution in [0.5, 0.6) is 0 Å². The average Bonchev–Trinajstić information content (AvgIpc) is 2.96. The number of hydrogen-bond donors (Lipinski definition) is 2. The zero-order valence-electron chi connectivity index (χ0n) is 8.83. The highest BCUT2D eigenvalue weighted by Gasteiger charge is 2.42. The van der Waals surface area contributed by atoms with E-state index in [1.807, 2.05) is 18.2 Å². The van der Waals surface area contributed by atoms with Gasteiger partial charge < -0.3 is 10.3 Å². The highest BCUT2D eigenvalue weighted by atomic mass is 14.9. The molecule has 1 aromatic heterocycles. The molecule has 0 radical (unpaired) electrons. The lowest BCUT2D eigenvalue weighted by molar-refractivity contribution is 0.711. The summed E-state index contributed by atoms with van der Waals surface area (Å²) < 4.78 is 0. The summed E-state index contributed by atoms with van der Waals surface area (Å²) in [5.74, 6) is 0. The molecular weight excluding hydrogens is 200 g/mol. The van der Waals surface area contributed by atoms with Gasteiger partial charge in [0.15, 0.2) is 0 Å². The number of nitrogens with zero attached hydrogens (tertiary/aromatic N) is 2. The van der Waals surface area contributed by atoms with E-state index in [-0.39, 0.29) is 5.41 Å². The predicted octanol–water partition coefficient (Wildman–Crippen LogP) is 2.28. The molecule has 1 saturated carbocycles. The molecule has 0 spiro atoms. The Kier molecular flexibility index (Phi) is 1.87. The van der Waals surface area contributed by atoms with Crippen LogP contribution in [-0.2, 0) is 0 Å². The average molecular weight is 212 g/mol. The maximum Gasteiger partial charge on any atom is 0.0931 e. The maximum absolute atomic E-state index is 8.97. The standard InChI is InChI=1S/C12H12N4/c13-6-12(3-4-12)7-14-9-1-2-10-11(5-9)16-8-15-10/h1-2,5,8,14H,3-4,7H2,(H,15,16). The van der Waals surface area contributed by atoms with Gasteiger partial charge in [0.1, 0.15) is 0 Å². The predicted molar refractivity (Wildman–Crippen MR) is 61.9 cm³/mol. The first-order valence-corrected chi connectivity index (χ1v) is 5.40. The summed E-state index contributed by atoms with van der Waals surface area (Å²) in [5.41, 5.74) is 2.92. The molecule has 0 saturated heterocycles. The van der Waals surface area contributed by atoms with E-state index in [1.165, 1.54) is 0 Å². The second kappa shape index (κ2) is 3.24. The van der Waals surface area contributed by atoms with Gasteiger partial charge in [0.25, 0.3) is 0 Å². The number of fused-ring (bicyclic) bond motifs is 1. The van der Waals surface area contributed by atoms with Gasteiger partial charge in [-0.3, -0.25) is 0 Å². The van der Waals surface area contributed by atoms with Crippen LogP contribution in [-0.4, -0.2) is 16.5 Å². The van der Waals surface area contributed by atoms with Crippen molar-refractivity contribution in [3.8, 4) is 6.07 Å². The first-order valence-electron chi connectivity index (χ1n) is 5.40. The molecule has 0 aliphatic heterocycles. The van der Waals surface area contributed by atoms with E-state index in [0.29, 0.717) is 0 Å². The Balaban J connectivity index is 1.77. The van der Waals surface area contributed by atoms with E-state index in [0.717, 1.165) is 36.1 Å². The molecule has 0 amide bonds. The van der Waals surface area contributed by atoms with Gasteiger partial charge in [-0.1, -0.05) is 0 Å². The number of rotatable bonds is 3. The van der Waals surface area contributed by atoms with Crippen LogP contribution in [0.4, 0.5) is 5.69 Å². The highest BCUT2D eigenvalue weighted by Crippen LogP contribution is 2.44. The van der Waals surface area contributed by atoms with Crippen molar-refractivity contribution in [2.45, 2.75) is 12.8 Å². The molecular formula is C12H12N4. The van der Waals surface area contributed by atoms with E-state index < -0.39 is 0 Å². The highest BCUT2D eigenvalue weighted by molar-refractivity contribution is 5.78. The molecule has 2 aromatic rings. The zero-order chi connectivity index (χ0) is 11.0. The first-order chi connectivity index (χ1) is 7.81. The summed E-state index contributed by atoms with van der Waals surface area (Å²) in [6.07, 6.45) is 3.72. The Hall–Kier alpha value is -2.02. The van der Waals surface area contributed by atoms with Crippen LogP contribution in [0.2, 0.25) is 0 Å². The molecule has 1 aromatic carbocycles. The van der Waals surface area contributed by atoms with Crippen molar-refractivity contribution in [2.24, 2.45) is 5.41 Å². The van der Waals surface area contributed by atoms with E-state index >= 15 is 0 Å². The minimum Gasteiger partial charge on any atom is -0.383 e. The molecule has 80 valence electrons. The fraction of sp³-hybridized carbons (Fsp3) is 0.333. The minimum absolute atomic E-state index is 0.108. The number of aromatic nitrogens is 2. The number of nitrogens with one attached hydrogen (secondary N) is 2. The normalized spacial score (nSPS) is 16.9. The molecule has 0 atom stereocenters. The van der Waals surface area contributed by atoms with Crippen LogP contribution >= 0.6 is 0 Å². The van der Waals surface area contributed by atoms with Crippen LogP contribution in [0.1, 0.15) is 12.8 Å². The number of benzene rings is 1. The van der Waals surface area contributed by atoms with Crippen molar-refractivity contribution >= 4 is 16.7 Å². The molecule has 1 heterocycles. The van der Waals surface area contributed by atoms with Crippen LogP contribution < -0.4 is 5.32 Å². The van der Waals surface area contributed by atoms with Crippen LogP contribution in [0.3, 0.4) is 0 Å². The van der Waals surface area contributed by atoms with Crippen molar-refractivity contribution in [1.29, 1.82) is 5.26 Å². The third-order valence-electron chi connectivity index (χ3n) is 3.14. The fourth-order valence-electron chi connectivity index (χ4n) is 1.80. The van der Waals surface area contributed by atoms with Crippen LogP contribution in [0.25, 0.3) is 11.0 Å². The Bertz CT molecular complexity index is 560. The quantitative estimate of drug-likeness (QED) is 0.820. The number of nitriles is 1. The maximum atomic E-state index is 8.97. The number of anilines is 1. The number of H-pyrrole nitrogens is 1. The first kappa shape index (κ1) is 9.22. The van der Waals surface area contributed by atoms with Crippen molar-refractivity contribution in [2.75, 3.05) is 11.9 Å². The van der Waals surface area contributed by atoms with E-state index in [4.69, 9.17) is 5.26 Å². The van der Waals surface area contributed by atoms with E-state index in [9.17, 15) is 0 Å². The molecule has 3 rings (SSSR count). The van der Waals surface area contributed by atoms with E-state index in [2.05, 4.69) is 21.4 Å². The van der Waals surface area contributed by atoms with Gasteiger partial charge in [-0.15, -0.1) is 0 Å². The van der Waals surface area contributed by atoms with Gasteiger partial charge in [-0.2, -0.15) is 5.26 Å². The third kappa shape index (κ3) is 1.50. The monoisotopic (exact) mass is 212 g/mol. The molecule has 1 aliphatic rings. The second-order valence-electron chi connectivity index (χ2n) is 4.38. The summed E-state index contributed by atoms with van der Waals surface area (Å²) in [7, 11) is 0. The van der Waals surface area contributed by atoms with E-state index in [1.54, 1.807) is 6.33 Å². The Morgan fingerprint density at radius 1 is 1.50 bits per heavy atom. The lowest BCUT2D eigenvalue weighted by Crippen LogP contribution is -2.13. The number of hydrogen-bond acceptors (Lipinski definition) is 3. The summed E-state index contributed by atoms with van der Waals surface area (Å²) >= 11 is 0. The summed E-state index contributed by atoms with van der Waals surface area (Å²) in [6.45, 7) is 0.739. The Labute approximate surface area is 93.3 Å². The summed E-state index contributed by atoms with van der Waals surface area (Å²) in [4.78, 5) is 7.23. The van der Waals surface area contributed by atoms with Crippen molar-refractivity contribution in [3.63, 3.8) is 0 Å². The summed E-state index contributed by atoms with van der Waals surface area (Å²) in [6, 6.07) is 8.36. The smallest absolute Gasteiger partial charge is 0.0931 e. The molecule has 1 aliphatic carbocycles. The fourth-order valence-corrected chi connectivity index (χ4v) is 1.80. The summed E-state index contributed by atoms with van der Waals surface area (Å²) in [5, 5.41) is 12.3. The molecule has 4 heteroatoms. The van der Waals surface area contributed by atoms with Crippen LogP contribution in [0, 0.1) is 16.7 Å². The molecule has 1 fully saturated rings. The topological polar surface area (TPSA) is 64.5 Å². The molecule has 16 heavy (non-hydrogen) atoms. The van der Waals surface area contributed by atoms with Crippen molar-refractivity contribution < 1.29 is 0 Å². The van der Waals surface area contributed by atoms with Crippen molar-refractivity contribution in [3.05, 3.63) is 24.5 Å². The van der Waals surface area contributed by atoms with Crippen LogP contribution in [0.15, 0.2) is 24.5 Å². The molecule has 4 nitrogen and oxygen atoms in total. The Morgan fingerprint density at radius 2 is 2.38 bits per heavy atom. The third-order valence-corrected chi connectivity index (χ3v) is 3.14. The van der Waals surface area contributed by atoms with Gasteiger partial charge >= 0.3 is 0 Å². The second-order valence-corrected chi connectivity index (χ2v) is 4.38. The Morgan fingerprint density at radius 3 is 3.12 bits per heavy atom.